The third kappa shape index (κ3) is 2.12. The Morgan fingerprint density at radius 2 is 2.42 bits per heavy atom. The van der Waals surface area contributed by atoms with Gasteiger partial charge in [0.2, 0.25) is 0 Å². The number of carbonyl (C=O) groups excluding carboxylic acids is 1. The number of alkyl halides is 1. The van der Waals surface area contributed by atoms with Gasteiger partial charge in [0.1, 0.15) is 6.10 Å². The zero-order chi connectivity index (χ0) is 9.14. The molecule has 1 heterocycles. The Kier molecular flexibility index (Phi) is 3.38. The van der Waals surface area contributed by atoms with Crippen LogP contribution >= 0.6 is 15.9 Å². The first-order chi connectivity index (χ1) is 5.65. The van der Waals surface area contributed by atoms with Gasteiger partial charge in [-0.05, 0) is 13.3 Å². The lowest BCUT2D eigenvalue weighted by Gasteiger charge is -2.18. The van der Waals surface area contributed by atoms with Crippen molar-refractivity contribution in [3.8, 4) is 0 Å². The van der Waals surface area contributed by atoms with Crippen molar-refractivity contribution < 1.29 is 9.53 Å². The van der Waals surface area contributed by atoms with E-state index in [1.54, 1.807) is 0 Å². The van der Waals surface area contributed by atoms with Gasteiger partial charge in [0.25, 0.3) is 0 Å². The fourth-order valence-corrected chi connectivity index (χ4v) is 2.39. The number of hydrogen-bond donors (Lipinski definition) is 1. The van der Waals surface area contributed by atoms with Crippen LogP contribution in [0.15, 0.2) is 0 Å². The molecule has 1 fully saturated rings. The molecule has 0 unspecified atom stereocenters. The van der Waals surface area contributed by atoms with Gasteiger partial charge in [-0.1, -0.05) is 29.3 Å². The van der Waals surface area contributed by atoms with Crippen molar-refractivity contribution in [2.45, 2.75) is 43.7 Å². The summed E-state index contributed by atoms with van der Waals surface area (Å²) < 4.78 is 4.96. The number of rotatable bonds is 3. The second-order valence-electron chi connectivity index (χ2n) is 3.09. The van der Waals surface area contributed by atoms with Crippen LogP contribution in [0.25, 0.3) is 0 Å². The van der Waals surface area contributed by atoms with Crippen molar-refractivity contribution in [1.29, 1.82) is 0 Å². The van der Waals surface area contributed by atoms with Crippen LogP contribution in [0.5, 0.6) is 0 Å². The quantitative estimate of drug-likeness (QED) is 0.761. The number of alkyl carbamates (subject to hydrolysis) is 1. The van der Waals surface area contributed by atoms with Crippen LogP contribution in [0.4, 0.5) is 4.79 Å². The summed E-state index contributed by atoms with van der Waals surface area (Å²) in [7, 11) is 0. The van der Waals surface area contributed by atoms with Gasteiger partial charge in [0.05, 0.1) is 6.04 Å². The first-order valence-electron chi connectivity index (χ1n) is 4.26. The molecule has 4 heteroatoms. The third-order valence-electron chi connectivity index (χ3n) is 2.04. The number of cyclic esters (lactones) is 1. The predicted octanol–water partition coefficient (Wildman–Crippen LogP) is 2.05. The van der Waals surface area contributed by atoms with Gasteiger partial charge in [-0.2, -0.15) is 0 Å². The lowest BCUT2D eigenvalue weighted by Crippen LogP contribution is -2.38. The average Bonchev–Trinajstić information content (AvgIpc) is 2.30. The maximum atomic E-state index is 10.8. The van der Waals surface area contributed by atoms with E-state index in [-0.39, 0.29) is 18.2 Å². The summed E-state index contributed by atoms with van der Waals surface area (Å²) in [5, 5.41) is 2.78. The van der Waals surface area contributed by atoms with E-state index in [1.807, 2.05) is 6.92 Å². The van der Waals surface area contributed by atoms with Crippen molar-refractivity contribution in [3.05, 3.63) is 0 Å². The maximum Gasteiger partial charge on any atom is 0.407 e. The molecule has 0 bridgehead atoms. The zero-order valence-corrected chi connectivity index (χ0v) is 8.93. The van der Waals surface area contributed by atoms with Crippen LogP contribution in [0.2, 0.25) is 0 Å². The molecule has 1 amide bonds. The van der Waals surface area contributed by atoms with E-state index in [9.17, 15) is 4.79 Å². The van der Waals surface area contributed by atoms with Crippen molar-refractivity contribution in [2.75, 3.05) is 0 Å². The molecular formula is C8H14BrNO2. The van der Waals surface area contributed by atoms with Gasteiger partial charge >= 0.3 is 6.09 Å². The molecule has 1 rings (SSSR count). The van der Waals surface area contributed by atoms with Crippen molar-refractivity contribution >= 4 is 22.0 Å². The lowest BCUT2D eigenvalue weighted by molar-refractivity contribution is 0.140. The van der Waals surface area contributed by atoms with Gasteiger partial charge in [-0.3, -0.25) is 0 Å². The number of carbonyl (C=O) groups is 1. The van der Waals surface area contributed by atoms with Crippen LogP contribution in [-0.2, 0) is 4.74 Å². The van der Waals surface area contributed by atoms with Crippen molar-refractivity contribution in [2.24, 2.45) is 0 Å². The second kappa shape index (κ2) is 4.12. The molecule has 0 saturated carbocycles. The molecule has 1 aliphatic rings. The van der Waals surface area contributed by atoms with Crippen LogP contribution in [0.3, 0.4) is 0 Å². The zero-order valence-electron chi connectivity index (χ0n) is 7.34. The van der Waals surface area contributed by atoms with E-state index in [0.29, 0.717) is 4.83 Å². The molecule has 0 spiro atoms. The SMILES string of the molecule is CCC[C@H](Br)[C@@H]1NC(=O)O[C@H]1C. The molecule has 1 saturated heterocycles. The highest BCUT2D eigenvalue weighted by atomic mass is 79.9. The molecule has 0 aromatic heterocycles. The topological polar surface area (TPSA) is 38.3 Å². The normalized spacial score (nSPS) is 31.1. The fourth-order valence-electron chi connectivity index (χ4n) is 1.37. The summed E-state index contributed by atoms with van der Waals surface area (Å²) >= 11 is 3.54. The Morgan fingerprint density at radius 1 is 1.75 bits per heavy atom. The highest BCUT2D eigenvalue weighted by Crippen LogP contribution is 2.20. The smallest absolute Gasteiger partial charge is 0.407 e. The van der Waals surface area contributed by atoms with Crippen molar-refractivity contribution in [1.82, 2.24) is 5.32 Å². The monoisotopic (exact) mass is 235 g/mol. The first-order valence-corrected chi connectivity index (χ1v) is 5.18. The lowest BCUT2D eigenvalue weighted by atomic mass is 10.1. The molecule has 12 heavy (non-hydrogen) atoms. The van der Waals surface area contributed by atoms with E-state index in [4.69, 9.17) is 4.74 Å². The van der Waals surface area contributed by atoms with Crippen LogP contribution in [-0.4, -0.2) is 23.1 Å². The van der Waals surface area contributed by atoms with Crippen LogP contribution in [0.1, 0.15) is 26.7 Å². The van der Waals surface area contributed by atoms with E-state index in [2.05, 4.69) is 28.2 Å². The minimum atomic E-state index is -0.298. The Balaban J connectivity index is 2.45. The van der Waals surface area contributed by atoms with E-state index < -0.39 is 0 Å². The minimum Gasteiger partial charge on any atom is -0.444 e. The van der Waals surface area contributed by atoms with Gasteiger partial charge < -0.3 is 10.1 Å². The molecule has 0 aromatic carbocycles. The van der Waals surface area contributed by atoms with Gasteiger partial charge in [0.15, 0.2) is 0 Å². The van der Waals surface area contributed by atoms with Crippen molar-refractivity contribution in [3.63, 3.8) is 0 Å². The molecule has 1 N–H and O–H groups in total. The standard InChI is InChI=1S/C8H14BrNO2/c1-3-4-6(9)7-5(2)12-8(11)10-7/h5-7H,3-4H2,1-2H3,(H,10,11)/t5-,6-,7+/m0/s1. The highest BCUT2D eigenvalue weighted by Gasteiger charge is 2.34. The van der Waals surface area contributed by atoms with E-state index in [1.165, 1.54) is 0 Å². The molecule has 0 aromatic rings. The minimum absolute atomic E-state index is 0.0200. The van der Waals surface area contributed by atoms with Crippen LogP contribution in [0, 0.1) is 0 Å². The Hall–Kier alpha value is -0.250. The van der Waals surface area contributed by atoms with E-state index >= 15 is 0 Å². The highest BCUT2D eigenvalue weighted by molar-refractivity contribution is 9.09. The first kappa shape index (κ1) is 9.84. The fraction of sp³-hybridized carbons (Fsp3) is 0.875. The maximum absolute atomic E-state index is 10.8. The summed E-state index contributed by atoms with van der Waals surface area (Å²) in [5.41, 5.74) is 0. The molecule has 0 aliphatic carbocycles. The number of nitrogens with one attached hydrogen (secondary N) is 1. The summed E-state index contributed by atoms with van der Waals surface area (Å²) in [6.07, 6.45) is 1.84. The van der Waals surface area contributed by atoms with Crippen LogP contribution < -0.4 is 5.32 Å². The van der Waals surface area contributed by atoms with Gasteiger partial charge in [-0.15, -0.1) is 0 Å². The summed E-state index contributed by atoms with van der Waals surface area (Å²) in [5.74, 6) is 0. The number of halogens is 1. The largest absolute Gasteiger partial charge is 0.444 e. The molecule has 1 aliphatic heterocycles. The third-order valence-corrected chi connectivity index (χ3v) is 3.06. The Labute approximate surface area is 81.0 Å². The Bertz CT molecular complexity index is 174. The number of hydrogen-bond acceptors (Lipinski definition) is 2. The molecule has 0 radical (unpaired) electrons. The summed E-state index contributed by atoms with van der Waals surface area (Å²) in [6.45, 7) is 4.03. The molecule has 3 atom stereocenters. The molecular weight excluding hydrogens is 222 g/mol. The second-order valence-corrected chi connectivity index (χ2v) is 4.26. The predicted molar refractivity (Wildman–Crippen MR) is 50.5 cm³/mol. The molecule has 3 nitrogen and oxygen atoms in total. The number of amides is 1. The number of ether oxygens (including phenoxy) is 1. The molecule has 70 valence electrons. The van der Waals surface area contributed by atoms with Gasteiger partial charge in [-0.25, -0.2) is 4.79 Å². The summed E-state index contributed by atoms with van der Waals surface area (Å²) in [6, 6.07) is 0.123. The Morgan fingerprint density at radius 3 is 2.83 bits per heavy atom. The van der Waals surface area contributed by atoms with Gasteiger partial charge in [0, 0.05) is 4.83 Å². The summed E-state index contributed by atoms with van der Waals surface area (Å²) in [4.78, 5) is 11.1. The average molecular weight is 236 g/mol. The van der Waals surface area contributed by atoms with E-state index in [0.717, 1.165) is 12.8 Å².